The van der Waals surface area contributed by atoms with Crippen molar-refractivity contribution >= 4 is 41.3 Å². The third-order valence-corrected chi connectivity index (χ3v) is 5.34. The Morgan fingerprint density at radius 1 is 1.17 bits per heavy atom. The lowest BCUT2D eigenvalue weighted by Gasteiger charge is -2.18. The van der Waals surface area contributed by atoms with Gasteiger partial charge < -0.3 is 20.3 Å². The van der Waals surface area contributed by atoms with Crippen molar-refractivity contribution in [3.05, 3.63) is 45.9 Å². The molecule has 2 rings (SSSR count). The van der Waals surface area contributed by atoms with Crippen LogP contribution in [0.25, 0.3) is 0 Å². The number of halogens is 1. The summed E-state index contributed by atoms with van der Waals surface area (Å²) in [4.78, 5) is 11.1. The van der Waals surface area contributed by atoms with Crippen molar-refractivity contribution in [3.8, 4) is 5.75 Å². The fraction of sp³-hybridized carbons (Fsp3) is 0.524. The van der Waals surface area contributed by atoms with Gasteiger partial charge in [0.1, 0.15) is 12.4 Å². The van der Waals surface area contributed by atoms with Crippen molar-refractivity contribution < 1.29 is 4.74 Å². The molecule has 0 fully saturated rings. The molecule has 0 aliphatic carbocycles. The number of hydrogen-bond donors (Lipinski definition) is 2. The molecule has 0 atom stereocenters. The lowest BCUT2D eigenvalue weighted by molar-refractivity contribution is 0.223. The average Bonchev–Trinajstić information content (AvgIpc) is 3.14. The van der Waals surface area contributed by atoms with Crippen molar-refractivity contribution in [2.75, 3.05) is 39.8 Å². The Morgan fingerprint density at radius 3 is 2.48 bits per heavy atom. The van der Waals surface area contributed by atoms with E-state index in [-0.39, 0.29) is 24.0 Å². The first-order chi connectivity index (χ1) is 13.6. The number of rotatable bonds is 11. The Bertz CT molecular complexity index is 716. The Morgan fingerprint density at radius 2 is 1.90 bits per heavy atom. The predicted octanol–water partition coefficient (Wildman–Crippen LogP) is 3.70. The summed E-state index contributed by atoms with van der Waals surface area (Å²) >= 11 is 1.69. The highest BCUT2D eigenvalue weighted by Gasteiger charge is 2.03. The van der Waals surface area contributed by atoms with E-state index in [1.165, 1.54) is 5.56 Å². The maximum atomic E-state index is 5.84. The summed E-state index contributed by atoms with van der Waals surface area (Å²) in [6.45, 7) is 11.7. The zero-order chi connectivity index (χ0) is 20.2. The molecule has 2 N–H and O–H groups in total. The number of thiazole rings is 1. The van der Waals surface area contributed by atoms with Gasteiger partial charge >= 0.3 is 0 Å². The normalized spacial score (nSPS) is 11.3. The zero-order valence-electron chi connectivity index (χ0n) is 17.9. The van der Waals surface area contributed by atoms with Crippen LogP contribution in [0.15, 0.2) is 34.6 Å². The van der Waals surface area contributed by atoms with Crippen molar-refractivity contribution in [2.24, 2.45) is 4.99 Å². The number of guanidine groups is 1. The molecule has 0 aliphatic rings. The van der Waals surface area contributed by atoms with E-state index in [1.54, 1.807) is 18.4 Å². The molecule has 0 radical (unpaired) electrons. The van der Waals surface area contributed by atoms with E-state index in [0.29, 0.717) is 6.61 Å². The number of aryl methyl sites for hydroxylation is 1. The number of aromatic nitrogens is 1. The molecular weight excluding hydrogens is 497 g/mol. The lowest BCUT2D eigenvalue weighted by atomic mass is 10.2. The van der Waals surface area contributed by atoms with Crippen LogP contribution in [0.3, 0.4) is 0 Å². The summed E-state index contributed by atoms with van der Waals surface area (Å²) in [5, 5.41) is 9.90. The second-order valence-corrected chi connectivity index (χ2v) is 7.54. The van der Waals surface area contributed by atoms with E-state index in [9.17, 15) is 0 Å². The highest BCUT2D eigenvalue weighted by molar-refractivity contribution is 14.0. The van der Waals surface area contributed by atoms with Gasteiger partial charge in [-0.1, -0.05) is 26.0 Å². The van der Waals surface area contributed by atoms with Crippen LogP contribution in [0.2, 0.25) is 0 Å². The maximum Gasteiger partial charge on any atom is 0.191 e. The van der Waals surface area contributed by atoms with Crippen LogP contribution in [0, 0.1) is 6.92 Å². The van der Waals surface area contributed by atoms with Crippen LogP contribution < -0.4 is 15.4 Å². The van der Waals surface area contributed by atoms with Crippen molar-refractivity contribution in [1.82, 2.24) is 20.5 Å². The monoisotopic (exact) mass is 531 g/mol. The lowest BCUT2D eigenvalue weighted by Crippen LogP contribution is -2.37. The Labute approximate surface area is 196 Å². The third-order valence-electron chi connectivity index (χ3n) is 4.52. The zero-order valence-corrected chi connectivity index (χ0v) is 21.0. The number of ether oxygens (including phenoxy) is 1. The molecule has 162 valence electrons. The average molecular weight is 532 g/mol. The highest BCUT2D eigenvalue weighted by atomic mass is 127. The van der Waals surface area contributed by atoms with Gasteiger partial charge in [-0.05, 0) is 37.7 Å². The second-order valence-electron chi connectivity index (χ2n) is 6.48. The first-order valence-electron chi connectivity index (χ1n) is 9.94. The van der Waals surface area contributed by atoms with E-state index >= 15 is 0 Å². The molecule has 6 nitrogen and oxygen atoms in total. The molecule has 8 heteroatoms. The van der Waals surface area contributed by atoms with Gasteiger partial charge in [0.25, 0.3) is 0 Å². The van der Waals surface area contributed by atoms with E-state index in [2.05, 4.69) is 56.9 Å². The first kappa shape index (κ1) is 25.6. The smallest absolute Gasteiger partial charge is 0.191 e. The van der Waals surface area contributed by atoms with Gasteiger partial charge in [0.15, 0.2) is 5.96 Å². The molecule has 2 aromatic rings. The molecule has 29 heavy (non-hydrogen) atoms. The molecule has 0 aliphatic heterocycles. The van der Waals surface area contributed by atoms with E-state index < -0.39 is 0 Å². The Kier molecular flexibility index (Phi) is 12.9. The topological polar surface area (TPSA) is 61.8 Å². The molecular formula is C21H34IN5OS. The van der Waals surface area contributed by atoms with Crippen LogP contribution in [0.5, 0.6) is 5.75 Å². The Hall–Kier alpha value is -1.39. The van der Waals surface area contributed by atoms with E-state index in [4.69, 9.17) is 4.74 Å². The maximum absolute atomic E-state index is 5.84. The fourth-order valence-corrected chi connectivity index (χ4v) is 3.42. The minimum absolute atomic E-state index is 0. The first-order valence-corrected chi connectivity index (χ1v) is 10.8. The van der Waals surface area contributed by atoms with Crippen LogP contribution in [-0.4, -0.2) is 55.7 Å². The number of nitrogens with zero attached hydrogens (tertiary/aromatic N) is 3. The summed E-state index contributed by atoms with van der Waals surface area (Å²) < 4.78 is 5.84. The number of benzene rings is 1. The second kappa shape index (κ2) is 14.6. The fourth-order valence-electron chi connectivity index (χ4n) is 2.77. The molecule has 0 spiro atoms. The molecule has 0 saturated carbocycles. The predicted molar refractivity (Wildman–Crippen MR) is 134 cm³/mol. The van der Waals surface area contributed by atoms with Gasteiger partial charge in [-0.2, -0.15) is 0 Å². The van der Waals surface area contributed by atoms with Gasteiger partial charge in [-0.15, -0.1) is 35.3 Å². The minimum atomic E-state index is 0. The third kappa shape index (κ3) is 9.77. The van der Waals surface area contributed by atoms with Crippen LogP contribution >= 0.6 is 35.3 Å². The summed E-state index contributed by atoms with van der Waals surface area (Å²) in [5.41, 5.74) is 2.32. The SMILES string of the molecule is CCN(CC)CCOc1ccc(CNC(=NC)NCCc2csc(C)n2)cc1.I. The van der Waals surface area contributed by atoms with Gasteiger partial charge in [-0.3, -0.25) is 4.99 Å². The highest BCUT2D eigenvalue weighted by Crippen LogP contribution is 2.12. The number of hydrogen-bond acceptors (Lipinski definition) is 5. The molecule has 0 saturated heterocycles. The molecule has 1 aromatic heterocycles. The number of likely N-dealkylation sites (N-methyl/N-ethyl adjacent to an activating group) is 1. The summed E-state index contributed by atoms with van der Waals surface area (Å²) in [6, 6.07) is 8.23. The van der Waals surface area contributed by atoms with Crippen molar-refractivity contribution in [3.63, 3.8) is 0 Å². The minimum Gasteiger partial charge on any atom is -0.492 e. The molecule has 0 bridgehead atoms. The van der Waals surface area contributed by atoms with Gasteiger partial charge in [0.2, 0.25) is 0 Å². The van der Waals surface area contributed by atoms with E-state index in [1.807, 2.05) is 19.1 Å². The van der Waals surface area contributed by atoms with Crippen molar-refractivity contribution in [1.29, 1.82) is 0 Å². The number of aliphatic imine (C=N–C) groups is 1. The van der Waals surface area contributed by atoms with Gasteiger partial charge in [-0.25, -0.2) is 4.98 Å². The van der Waals surface area contributed by atoms with Crippen LogP contribution in [-0.2, 0) is 13.0 Å². The summed E-state index contributed by atoms with van der Waals surface area (Å²) in [5.74, 6) is 1.71. The largest absolute Gasteiger partial charge is 0.492 e. The van der Waals surface area contributed by atoms with E-state index in [0.717, 1.165) is 61.6 Å². The summed E-state index contributed by atoms with van der Waals surface area (Å²) in [6.07, 6.45) is 0.893. The standard InChI is InChI=1S/C21H33N5OS.HI/c1-5-26(6-2)13-14-27-20-9-7-18(8-10-20)15-24-21(22-4)23-12-11-19-16-28-17(3)25-19;/h7-10,16H,5-6,11-15H2,1-4H3,(H2,22,23,24);1H. The van der Waals surface area contributed by atoms with Crippen molar-refractivity contribution in [2.45, 2.75) is 33.7 Å². The van der Waals surface area contributed by atoms with Crippen LogP contribution in [0.4, 0.5) is 0 Å². The molecule has 0 amide bonds. The van der Waals surface area contributed by atoms with Gasteiger partial charge in [0, 0.05) is 38.5 Å². The molecule has 1 heterocycles. The van der Waals surface area contributed by atoms with Crippen LogP contribution in [0.1, 0.15) is 30.1 Å². The molecule has 0 unspecified atom stereocenters. The Balaban J connectivity index is 0.00000420. The molecule has 1 aromatic carbocycles. The quantitative estimate of drug-likeness (QED) is 0.263. The van der Waals surface area contributed by atoms with Gasteiger partial charge in [0.05, 0.1) is 10.7 Å². The number of nitrogens with one attached hydrogen (secondary N) is 2. The summed E-state index contributed by atoms with van der Waals surface area (Å²) in [7, 11) is 1.79.